The molecular formula is C14H15ClFN3. The number of aromatic nitrogens is 1. The fraction of sp³-hybridized carbons (Fsp3) is 0.214. The van der Waals surface area contributed by atoms with E-state index in [4.69, 9.17) is 17.3 Å². The molecule has 2 aromatic rings. The van der Waals surface area contributed by atoms with Gasteiger partial charge in [0.2, 0.25) is 0 Å². The van der Waals surface area contributed by atoms with E-state index in [0.29, 0.717) is 35.2 Å². The molecule has 0 saturated carbocycles. The number of nitrogens with zero attached hydrogens (tertiary/aromatic N) is 2. The molecule has 0 aliphatic carbocycles. The Labute approximate surface area is 116 Å². The Hall–Kier alpha value is -1.65. The summed E-state index contributed by atoms with van der Waals surface area (Å²) in [4.78, 5) is 6.12. The fourth-order valence-corrected chi connectivity index (χ4v) is 2.01. The van der Waals surface area contributed by atoms with Gasteiger partial charge in [-0.15, -0.1) is 0 Å². The van der Waals surface area contributed by atoms with Crippen molar-refractivity contribution >= 4 is 17.4 Å². The molecule has 0 aliphatic rings. The van der Waals surface area contributed by atoms with Crippen LogP contribution in [0.3, 0.4) is 0 Å². The van der Waals surface area contributed by atoms with Gasteiger partial charge in [-0.05, 0) is 25.2 Å². The lowest BCUT2D eigenvalue weighted by Gasteiger charge is -2.17. The van der Waals surface area contributed by atoms with Crippen LogP contribution in [0, 0.1) is 5.82 Å². The molecule has 0 aliphatic heterocycles. The first-order chi connectivity index (χ1) is 9.06. The minimum atomic E-state index is -0.207. The van der Waals surface area contributed by atoms with Gasteiger partial charge in [0.25, 0.3) is 0 Å². The second kappa shape index (κ2) is 5.99. The average Bonchev–Trinajstić information content (AvgIpc) is 2.37. The van der Waals surface area contributed by atoms with E-state index >= 15 is 0 Å². The van der Waals surface area contributed by atoms with Gasteiger partial charge >= 0.3 is 0 Å². The highest BCUT2D eigenvalue weighted by atomic mass is 35.5. The molecule has 19 heavy (non-hydrogen) atoms. The maximum atomic E-state index is 13.5. The number of rotatable bonds is 4. The van der Waals surface area contributed by atoms with E-state index in [-0.39, 0.29) is 5.82 Å². The lowest BCUT2D eigenvalue weighted by molar-refractivity contribution is 0.310. The van der Waals surface area contributed by atoms with Crippen molar-refractivity contribution in [1.82, 2.24) is 9.88 Å². The molecule has 5 heteroatoms. The number of halogens is 2. The van der Waals surface area contributed by atoms with Gasteiger partial charge in [0.1, 0.15) is 11.6 Å². The van der Waals surface area contributed by atoms with Crippen LogP contribution in [0.1, 0.15) is 11.3 Å². The molecule has 2 N–H and O–H groups in total. The summed E-state index contributed by atoms with van der Waals surface area (Å²) in [6.45, 7) is 0.998. The monoisotopic (exact) mass is 279 g/mol. The highest BCUT2D eigenvalue weighted by Crippen LogP contribution is 2.18. The van der Waals surface area contributed by atoms with Gasteiger partial charge in [-0.1, -0.05) is 29.8 Å². The van der Waals surface area contributed by atoms with Crippen LogP contribution in [-0.2, 0) is 13.1 Å². The number of hydrogen-bond acceptors (Lipinski definition) is 3. The van der Waals surface area contributed by atoms with E-state index in [9.17, 15) is 4.39 Å². The molecule has 0 saturated heterocycles. The van der Waals surface area contributed by atoms with Crippen LogP contribution in [0.4, 0.5) is 10.2 Å². The van der Waals surface area contributed by atoms with Crippen LogP contribution >= 0.6 is 11.6 Å². The number of nitrogen functional groups attached to an aromatic ring is 1. The molecule has 0 bridgehead atoms. The van der Waals surface area contributed by atoms with Crippen LogP contribution in [0.25, 0.3) is 0 Å². The van der Waals surface area contributed by atoms with Gasteiger partial charge in [-0.25, -0.2) is 9.37 Å². The molecule has 2 rings (SSSR count). The summed E-state index contributed by atoms with van der Waals surface area (Å²) >= 11 is 6.06. The average molecular weight is 280 g/mol. The molecule has 0 amide bonds. The van der Waals surface area contributed by atoms with Gasteiger partial charge in [0, 0.05) is 18.7 Å². The zero-order valence-electron chi connectivity index (χ0n) is 10.6. The van der Waals surface area contributed by atoms with Crippen LogP contribution in [0.2, 0.25) is 5.02 Å². The Kier molecular flexibility index (Phi) is 4.35. The van der Waals surface area contributed by atoms with Gasteiger partial charge in [0.05, 0.1) is 10.7 Å². The first-order valence-corrected chi connectivity index (χ1v) is 6.27. The van der Waals surface area contributed by atoms with E-state index in [2.05, 4.69) is 4.98 Å². The Morgan fingerprint density at radius 2 is 1.95 bits per heavy atom. The van der Waals surface area contributed by atoms with Crippen LogP contribution in [0.5, 0.6) is 0 Å². The van der Waals surface area contributed by atoms with Crippen molar-refractivity contribution in [2.75, 3.05) is 12.8 Å². The third-order valence-electron chi connectivity index (χ3n) is 2.76. The van der Waals surface area contributed by atoms with Crippen molar-refractivity contribution in [3.8, 4) is 0 Å². The Morgan fingerprint density at radius 1 is 1.21 bits per heavy atom. The molecular weight excluding hydrogens is 265 g/mol. The van der Waals surface area contributed by atoms with E-state index in [1.54, 1.807) is 24.3 Å². The molecule has 1 aromatic carbocycles. The van der Waals surface area contributed by atoms with Gasteiger partial charge in [-0.3, -0.25) is 4.90 Å². The number of benzene rings is 1. The molecule has 0 atom stereocenters. The second-order valence-electron chi connectivity index (χ2n) is 4.43. The summed E-state index contributed by atoms with van der Waals surface area (Å²) in [5.74, 6) is 0.222. The number of nitrogens with two attached hydrogens (primary N) is 1. The van der Waals surface area contributed by atoms with Gasteiger partial charge in [-0.2, -0.15) is 0 Å². The Bertz CT molecular complexity index is 574. The lowest BCUT2D eigenvalue weighted by atomic mass is 10.2. The summed E-state index contributed by atoms with van der Waals surface area (Å²) in [5, 5.41) is 0.564. The summed E-state index contributed by atoms with van der Waals surface area (Å²) in [6.07, 6.45) is 0. The highest BCUT2D eigenvalue weighted by Gasteiger charge is 2.09. The minimum Gasteiger partial charge on any atom is -0.384 e. The molecule has 0 radical (unpaired) electrons. The maximum Gasteiger partial charge on any atom is 0.127 e. The van der Waals surface area contributed by atoms with Gasteiger partial charge < -0.3 is 5.73 Å². The zero-order valence-corrected chi connectivity index (χ0v) is 11.4. The number of hydrogen-bond donors (Lipinski definition) is 1. The van der Waals surface area contributed by atoms with Gasteiger partial charge in [0.15, 0.2) is 0 Å². The van der Waals surface area contributed by atoms with Crippen LogP contribution in [0.15, 0.2) is 36.4 Å². The topological polar surface area (TPSA) is 42.2 Å². The maximum absolute atomic E-state index is 13.5. The van der Waals surface area contributed by atoms with Crippen molar-refractivity contribution in [2.24, 2.45) is 0 Å². The molecule has 100 valence electrons. The standard InChI is InChI=1S/C14H15ClFN3/c1-19(8-10-4-2-3-5-12(10)16)9-13-11(15)6-7-14(17)18-13/h2-7H,8-9H2,1H3,(H2,17,18). The summed E-state index contributed by atoms with van der Waals surface area (Å²) in [5.41, 5.74) is 6.97. The van der Waals surface area contributed by atoms with Crippen molar-refractivity contribution in [3.05, 3.63) is 58.5 Å². The Morgan fingerprint density at radius 3 is 2.68 bits per heavy atom. The summed E-state index contributed by atoms with van der Waals surface area (Å²) < 4.78 is 13.5. The predicted octanol–water partition coefficient (Wildman–Crippen LogP) is 3.09. The SMILES string of the molecule is CN(Cc1ccccc1F)Cc1nc(N)ccc1Cl. The fourth-order valence-electron chi connectivity index (χ4n) is 1.84. The molecule has 1 heterocycles. The minimum absolute atomic E-state index is 0.207. The quantitative estimate of drug-likeness (QED) is 0.935. The number of pyridine rings is 1. The van der Waals surface area contributed by atoms with Crippen molar-refractivity contribution in [2.45, 2.75) is 13.1 Å². The third-order valence-corrected chi connectivity index (χ3v) is 3.10. The molecule has 3 nitrogen and oxygen atoms in total. The predicted molar refractivity (Wildman–Crippen MR) is 75.2 cm³/mol. The smallest absolute Gasteiger partial charge is 0.127 e. The molecule has 0 fully saturated rings. The van der Waals surface area contributed by atoms with E-state index in [0.717, 1.165) is 0 Å². The van der Waals surface area contributed by atoms with Crippen LogP contribution in [-0.4, -0.2) is 16.9 Å². The number of anilines is 1. The zero-order chi connectivity index (χ0) is 13.8. The third kappa shape index (κ3) is 3.66. The largest absolute Gasteiger partial charge is 0.384 e. The summed E-state index contributed by atoms with van der Waals surface area (Å²) in [6, 6.07) is 10.1. The highest BCUT2D eigenvalue weighted by molar-refractivity contribution is 6.31. The molecule has 0 unspecified atom stereocenters. The lowest BCUT2D eigenvalue weighted by Crippen LogP contribution is -2.19. The molecule has 1 aromatic heterocycles. The Balaban J connectivity index is 2.07. The first kappa shape index (κ1) is 13.8. The molecule has 0 spiro atoms. The van der Waals surface area contributed by atoms with E-state index < -0.39 is 0 Å². The van der Waals surface area contributed by atoms with Crippen LogP contribution < -0.4 is 5.73 Å². The van der Waals surface area contributed by atoms with E-state index in [1.807, 2.05) is 18.0 Å². The first-order valence-electron chi connectivity index (χ1n) is 5.89. The van der Waals surface area contributed by atoms with Crippen molar-refractivity contribution in [3.63, 3.8) is 0 Å². The normalized spacial score (nSPS) is 10.9. The van der Waals surface area contributed by atoms with Crippen molar-refractivity contribution in [1.29, 1.82) is 0 Å². The van der Waals surface area contributed by atoms with Crippen molar-refractivity contribution < 1.29 is 4.39 Å². The van der Waals surface area contributed by atoms with E-state index in [1.165, 1.54) is 6.07 Å². The summed E-state index contributed by atoms with van der Waals surface area (Å²) in [7, 11) is 1.88. The second-order valence-corrected chi connectivity index (χ2v) is 4.84.